The minimum absolute atomic E-state index is 0.0885. The molecule has 5 aromatic rings. The van der Waals surface area contributed by atoms with E-state index in [9.17, 15) is 15.0 Å². The average Bonchev–Trinajstić information content (AvgIpc) is 3.32. The molecule has 0 spiro atoms. The van der Waals surface area contributed by atoms with Crippen molar-refractivity contribution in [1.82, 2.24) is 9.97 Å². The molecule has 5 rings (SSSR count). The van der Waals surface area contributed by atoms with Gasteiger partial charge in [0.15, 0.2) is 0 Å². The van der Waals surface area contributed by atoms with E-state index in [0.29, 0.717) is 5.69 Å². The van der Waals surface area contributed by atoms with Crippen LogP contribution in [-0.4, -0.2) is 26.1 Å². The molecule has 0 aliphatic carbocycles. The van der Waals surface area contributed by atoms with Gasteiger partial charge >= 0.3 is 0 Å². The molecule has 1 amide bonds. The van der Waals surface area contributed by atoms with E-state index in [2.05, 4.69) is 9.97 Å². The molecule has 0 aliphatic heterocycles. The van der Waals surface area contributed by atoms with Gasteiger partial charge in [-0.1, -0.05) is 18.2 Å². The van der Waals surface area contributed by atoms with Crippen molar-refractivity contribution in [3.05, 3.63) is 103 Å². The topological polar surface area (TPSA) is 99.7 Å². The standard InChI is InChI=1S/C26H19N3O4/c30-20-7-8-21(23(31)14-20)26(32)29(16-17-2-1-11-27-15-17)19-5-3-18(4-6-19)25-22-10-13-33-24(22)9-12-28-25/h1-15,30-31H,16H2. The zero-order valence-electron chi connectivity index (χ0n) is 17.4. The van der Waals surface area contributed by atoms with Gasteiger partial charge in [-0.15, -0.1) is 0 Å². The predicted octanol–water partition coefficient (Wildman–Crippen LogP) is 5.15. The SMILES string of the molecule is O=C(c1ccc(O)cc1O)N(Cc1cccnc1)c1ccc(-c2nccc3occc23)cc1. The Morgan fingerprint density at radius 2 is 1.82 bits per heavy atom. The number of rotatable bonds is 5. The number of amides is 1. The van der Waals surface area contributed by atoms with Crippen LogP contribution in [0.1, 0.15) is 15.9 Å². The van der Waals surface area contributed by atoms with Crippen LogP contribution in [0, 0.1) is 0 Å². The highest BCUT2D eigenvalue weighted by atomic mass is 16.3. The third kappa shape index (κ3) is 3.99. The van der Waals surface area contributed by atoms with Crippen molar-refractivity contribution in [3.63, 3.8) is 0 Å². The van der Waals surface area contributed by atoms with Crippen molar-refractivity contribution in [3.8, 4) is 22.8 Å². The summed E-state index contributed by atoms with van der Waals surface area (Å²) in [5.41, 5.74) is 3.98. The minimum Gasteiger partial charge on any atom is -0.508 e. The van der Waals surface area contributed by atoms with Crippen molar-refractivity contribution in [1.29, 1.82) is 0 Å². The van der Waals surface area contributed by atoms with E-state index in [1.165, 1.54) is 12.1 Å². The average molecular weight is 437 g/mol. The second-order valence-electron chi connectivity index (χ2n) is 7.49. The van der Waals surface area contributed by atoms with Crippen molar-refractivity contribution >= 4 is 22.6 Å². The Hall–Kier alpha value is -4.65. The monoisotopic (exact) mass is 437 g/mol. The number of carbonyl (C=O) groups is 1. The second kappa shape index (κ2) is 8.47. The van der Waals surface area contributed by atoms with Gasteiger partial charge in [0.05, 0.1) is 24.1 Å². The van der Waals surface area contributed by atoms with Crippen molar-refractivity contribution in [2.45, 2.75) is 6.54 Å². The number of pyridine rings is 2. The summed E-state index contributed by atoms with van der Waals surface area (Å²) in [5, 5.41) is 20.8. The number of hydrogen-bond donors (Lipinski definition) is 2. The number of furan rings is 1. The first-order valence-corrected chi connectivity index (χ1v) is 10.3. The van der Waals surface area contributed by atoms with Crippen LogP contribution < -0.4 is 4.90 Å². The first-order valence-electron chi connectivity index (χ1n) is 10.3. The Morgan fingerprint density at radius 1 is 0.970 bits per heavy atom. The quantitative estimate of drug-likeness (QED) is 0.395. The third-order valence-electron chi connectivity index (χ3n) is 5.35. The first kappa shape index (κ1) is 20.3. The van der Waals surface area contributed by atoms with Gasteiger partial charge in [-0.2, -0.15) is 0 Å². The highest BCUT2D eigenvalue weighted by molar-refractivity contribution is 6.08. The van der Waals surface area contributed by atoms with Gasteiger partial charge in [0.25, 0.3) is 5.91 Å². The van der Waals surface area contributed by atoms with Gasteiger partial charge in [0.1, 0.15) is 17.1 Å². The normalized spacial score (nSPS) is 10.9. The third-order valence-corrected chi connectivity index (χ3v) is 5.35. The summed E-state index contributed by atoms with van der Waals surface area (Å²) in [6.07, 6.45) is 6.68. The van der Waals surface area contributed by atoms with Crippen molar-refractivity contribution in [2.24, 2.45) is 0 Å². The van der Waals surface area contributed by atoms with Crippen LogP contribution in [0.15, 0.2) is 96.0 Å². The van der Waals surface area contributed by atoms with Crippen LogP contribution in [0.2, 0.25) is 0 Å². The van der Waals surface area contributed by atoms with Crippen molar-refractivity contribution < 1.29 is 19.4 Å². The largest absolute Gasteiger partial charge is 0.508 e. The maximum Gasteiger partial charge on any atom is 0.262 e. The summed E-state index contributed by atoms with van der Waals surface area (Å²) in [5.74, 6) is -0.809. The number of aromatic nitrogens is 2. The molecule has 0 fully saturated rings. The molecular weight excluding hydrogens is 418 g/mol. The number of phenolic OH excluding ortho intramolecular Hbond substituents is 2. The van der Waals surface area contributed by atoms with Gasteiger partial charge in [-0.05, 0) is 48.0 Å². The number of fused-ring (bicyclic) bond motifs is 1. The molecule has 2 aromatic carbocycles. The lowest BCUT2D eigenvalue weighted by Crippen LogP contribution is -2.30. The van der Waals surface area contributed by atoms with E-state index in [-0.39, 0.29) is 23.6 Å². The number of phenols is 2. The molecule has 0 radical (unpaired) electrons. The first-order chi connectivity index (χ1) is 16.1. The summed E-state index contributed by atoms with van der Waals surface area (Å²) in [4.78, 5) is 23.6. The lowest BCUT2D eigenvalue weighted by Gasteiger charge is -2.24. The molecule has 7 nitrogen and oxygen atoms in total. The number of benzene rings is 2. The summed E-state index contributed by atoms with van der Waals surface area (Å²) in [6.45, 7) is 0.252. The number of carbonyl (C=O) groups excluding carboxylic acids is 1. The molecule has 0 aliphatic rings. The highest BCUT2D eigenvalue weighted by Gasteiger charge is 2.22. The molecule has 33 heavy (non-hydrogen) atoms. The summed E-state index contributed by atoms with van der Waals surface area (Å²) >= 11 is 0. The van der Waals surface area contributed by atoms with Crippen molar-refractivity contribution in [2.75, 3.05) is 4.90 Å². The van der Waals surface area contributed by atoms with Crippen LogP contribution in [0.25, 0.3) is 22.2 Å². The Balaban J connectivity index is 1.53. The zero-order valence-corrected chi connectivity index (χ0v) is 17.4. The van der Waals surface area contributed by atoms with E-state index >= 15 is 0 Å². The van der Waals surface area contributed by atoms with Crippen LogP contribution in [0.4, 0.5) is 5.69 Å². The van der Waals surface area contributed by atoms with E-state index < -0.39 is 5.91 Å². The Kier molecular flexibility index (Phi) is 5.20. The Morgan fingerprint density at radius 3 is 2.58 bits per heavy atom. The lowest BCUT2D eigenvalue weighted by molar-refractivity contribution is 0.0982. The number of hydrogen-bond acceptors (Lipinski definition) is 6. The maximum atomic E-state index is 13.4. The van der Waals surface area contributed by atoms with Gasteiger partial charge in [0.2, 0.25) is 0 Å². The molecule has 0 atom stereocenters. The fourth-order valence-electron chi connectivity index (χ4n) is 3.72. The lowest BCUT2D eigenvalue weighted by atomic mass is 10.1. The Labute approximate surface area is 189 Å². The molecule has 0 unspecified atom stereocenters. The van der Waals surface area contributed by atoms with Crippen LogP contribution in [0.3, 0.4) is 0 Å². The smallest absolute Gasteiger partial charge is 0.262 e. The molecule has 3 aromatic heterocycles. The van der Waals surface area contributed by atoms with Gasteiger partial charge in [-0.3, -0.25) is 14.8 Å². The Bertz CT molecular complexity index is 1430. The van der Waals surface area contributed by atoms with Crippen LogP contribution >= 0.6 is 0 Å². The number of anilines is 1. The highest BCUT2D eigenvalue weighted by Crippen LogP contribution is 2.31. The zero-order chi connectivity index (χ0) is 22.8. The molecule has 0 saturated carbocycles. The van der Waals surface area contributed by atoms with E-state index in [1.54, 1.807) is 35.8 Å². The van der Waals surface area contributed by atoms with Gasteiger partial charge < -0.3 is 19.5 Å². The molecule has 3 heterocycles. The molecule has 2 N–H and O–H groups in total. The summed E-state index contributed by atoms with van der Waals surface area (Å²) < 4.78 is 5.47. The molecule has 0 saturated heterocycles. The summed E-state index contributed by atoms with van der Waals surface area (Å²) in [7, 11) is 0. The van der Waals surface area contributed by atoms with E-state index in [0.717, 1.165) is 33.9 Å². The van der Waals surface area contributed by atoms with E-state index in [1.807, 2.05) is 42.5 Å². The maximum absolute atomic E-state index is 13.4. The molecule has 0 bridgehead atoms. The second-order valence-corrected chi connectivity index (χ2v) is 7.49. The van der Waals surface area contributed by atoms with Crippen LogP contribution in [0.5, 0.6) is 11.5 Å². The van der Waals surface area contributed by atoms with Gasteiger partial charge in [0, 0.05) is 41.3 Å². The molecule has 162 valence electrons. The van der Waals surface area contributed by atoms with Gasteiger partial charge in [-0.25, -0.2) is 0 Å². The number of nitrogens with zero attached hydrogens (tertiary/aromatic N) is 3. The fourth-order valence-corrected chi connectivity index (χ4v) is 3.72. The van der Waals surface area contributed by atoms with E-state index in [4.69, 9.17) is 4.42 Å². The number of aromatic hydroxyl groups is 2. The minimum atomic E-state index is -0.404. The molecular formula is C26H19N3O4. The summed E-state index contributed by atoms with van der Waals surface area (Å²) in [6, 6.07) is 18.7. The predicted molar refractivity (Wildman–Crippen MR) is 124 cm³/mol. The molecule has 7 heteroatoms. The fraction of sp³-hybridized carbons (Fsp3) is 0.0385. The van der Waals surface area contributed by atoms with Crippen LogP contribution in [-0.2, 0) is 6.54 Å².